The number of piperidine rings is 1. The summed E-state index contributed by atoms with van der Waals surface area (Å²) < 4.78 is 32.1. The zero-order chi connectivity index (χ0) is 25.6. The number of rotatable bonds is 21. The lowest BCUT2D eigenvalue weighted by Crippen LogP contribution is -2.39. The van der Waals surface area contributed by atoms with E-state index >= 15 is 0 Å². The maximum absolute atomic E-state index is 11.9. The normalized spacial score (nSPS) is 14.2. The molecule has 0 atom stereocenters. The Bertz CT molecular complexity index is 575. The molecular weight excluding hydrogens is 480 g/mol. The van der Waals surface area contributed by atoms with Gasteiger partial charge in [-0.1, -0.05) is 0 Å². The van der Waals surface area contributed by atoms with E-state index in [2.05, 4.69) is 17.9 Å². The van der Waals surface area contributed by atoms with Crippen LogP contribution in [0.4, 0.5) is 4.79 Å². The first kappa shape index (κ1) is 31.6. The second-order valence-corrected chi connectivity index (χ2v) is 8.68. The van der Waals surface area contributed by atoms with Crippen LogP contribution in [0.25, 0.3) is 0 Å². The van der Waals surface area contributed by atoms with Crippen LogP contribution >= 0.6 is 12.6 Å². The van der Waals surface area contributed by atoms with Crippen molar-refractivity contribution >= 4 is 30.4 Å². The van der Waals surface area contributed by atoms with Crippen LogP contribution in [0.1, 0.15) is 32.6 Å². The summed E-state index contributed by atoms with van der Waals surface area (Å²) in [7, 11) is 0. The van der Waals surface area contributed by atoms with Gasteiger partial charge >= 0.3 is 6.09 Å². The van der Waals surface area contributed by atoms with E-state index in [4.69, 9.17) is 28.4 Å². The van der Waals surface area contributed by atoms with Crippen LogP contribution in [0.3, 0.4) is 0 Å². The van der Waals surface area contributed by atoms with Crippen molar-refractivity contribution in [2.24, 2.45) is 0 Å². The van der Waals surface area contributed by atoms with Crippen LogP contribution in [-0.2, 0) is 38.0 Å². The van der Waals surface area contributed by atoms with Crippen LogP contribution in [0, 0.1) is 0 Å². The minimum atomic E-state index is -0.289. The third-order valence-electron chi connectivity index (χ3n) is 4.94. The minimum Gasteiger partial charge on any atom is -0.447 e. The Hall–Kier alpha value is -1.44. The van der Waals surface area contributed by atoms with Gasteiger partial charge in [0.25, 0.3) is 0 Å². The standard InChI is InChI=1S/C23H42N2O9S/c1-20(26)2-3-22(27)24-6-9-29-10-11-30-12-13-31-14-15-32-16-17-33-18-19-34-23(28)25-7-4-21(35)5-8-25/h21,35H,2-19H2,1H3,(H,24,27). The second-order valence-electron chi connectivity index (χ2n) is 7.95. The summed E-state index contributed by atoms with van der Waals surface area (Å²) in [5, 5.41) is 3.06. The van der Waals surface area contributed by atoms with Gasteiger partial charge in [-0.2, -0.15) is 12.6 Å². The van der Waals surface area contributed by atoms with Crippen molar-refractivity contribution in [1.29, 1.82) is 0 Å². The summed E-state index contributed by atoms with van der Waals surface area (Å²) in [6.07, 6.45) is 1.98. The number of carbonyl (C=O) groups is 3. The van der Waals surface area contributed by atoms with Gasteiger partial charge in [0.05, 0.1) is 66.1 Å². The molecule has 0 spiro atoms. The molecule has 0 radical (unpaired) electrons. The molecule has 0 unspecified atom stereocenters. The Balaban J connectivity index is 1.72. The molecule has 1 aliphatic heterocycles. The number of amides is 2. The van der Waals surface area contributed by atoms with Crippen LogP contribution < -0.4 is 5.32 Å². The molecule has 2 amide bonds. The summed E-state index contributed by atoms with van der Waals surface area (Å²) in [5.41, 5.74) is 0. The smallest absolute Gasteiger partial charge is 0.409 e. The van der Waals surface area contributed by atoms with Crippen molar-refractivity contribution in [2.75, 3.05) is 92.3 Å². The number of carbonyl (C=O) groups excluding carboxylic acids is 3. The van der Waals surface area contributed by atoms with E-state index in [0.29, 0.717) is 91.0 Å². The molecule has 1 heterocycles. The molecular formula is C23H42N2O9S. The van der Waals surface area contributed by atoms with E-state index in [1.54, 1.807) is 4.90 Å². The highest BCUT2D eigenvalue weighted by Gasteiger charge is 2.21. The Kier molecular flexibility index (Phi) is 19.7. The van der Waals surface area contributed by atoms with Crippen LogP contribution in [0.15, 0.2) is 0 Å². The quantitative estimate of drug-likeness (QED) is 0.168. The molecule has 12 heteroatoms. The number of ether oxygens (including phenoxy) is 6. The number of hydrogen-bond acceptors (Lipinski definition) is 10. The lowest BCUT2D eigenvalue weighted by Gasteiger charge is -2.28. The molecule has 0 saturated carbocycles. The molecule has 1 fully saturated rings. The maximum Gasteiger partial charge on any atom is 0.409 e. The van der Waals surface area contributed by atoms with E-state index in [1.807, 2.05) is 0 Å². The SMILES string of the molecule is CC(=O)CCC(=O)NCCOCCOCCOCCOCCOCCOC(=O)N1CCC(S)CC1. The van der Waals surface area contributed by atoms with Crippen molar-refractivity contribution in [3.8, 4) is 0 Å². The fourth-order valence-corrected chi connectivity index (χ4v) is 3.18. The average Bonchev–Trinajstić information content (AvgIpc) is 2.84. The Morgan fingerprint density at radius 3 is 1.69 bits per heavy atom. The van der Waals surface area contributed by atoms with E-state index in [9.17, 15) is 14.4 Å². The number of likely N-dealkylation sites (tertiary alicyclic amines) is 1. The Morgan fingerprint density at radius 2 is 1.20 bits per heavy atom. The first-order valence-electron chi connectivity index (χ1n) is 12.2. The molecule has 0 aromatic carbocycles. The molecule has 204 valence electrons. The molecule has 1 N–H and O–H groups in total. The van der Waals surface area contributed by atoms with Gasteiger partial charge in [0.2, 0.25) is 5.91 Å². The lowest BCUT2D eigenvalue weighted by atomic mass is 10.1. The third-order valence-corrected chi connectivity index (χ3v) is 5.45. The third kappa shape index (κ3) is 19.4. The molecule has 0 bridgehead atoms. The number of Topliss-reactive ketones (excluding diaryl/α,β-unsaturated/α-hetero) is 1. The molecule has 1 aliphatic rings. The number of nitrogens with zero attached hydrogens (tertiary/aromatic N) is 1. The molecule has 1 saturated heterocycles. The first-order valence-corrected chi connectivity index (χ1v) is 12.7. The fraction of sp³-hybridized carbons (Fsp3) is 0.870. The molecule has 0 aromatic heterocycles. The number of hydrogen-bond donors (Lipinski definition) is 2. The highest BCUT2D eigenvalue weighted by molar-refractivity contribution is 7.80. The van der Waals surface area contributed by atoms with Gasteiger partial charge in [0, 0.05) is 37.7 Å². The molecule has 0 aliphatic carbocycles. The molecule has 11 nitrogen and oxygen atoms in total. The summed E-state index contributed by atoms with van der Waals surface area (Å²) in [6.45, 7) is 7.81. The van der Waals surface area contributed by atoms with Gasteiger partial charge in [-0.15, -0.1) is 0 Å². The zero-order valence-electron chi connectivity index (χ0n) is 20.9. The number of ketones is 1. The summed E-state index contributed by atoms with van der Waals surface area (Å²) >= 11 is 4.41. The summed E-state index contributed by atoms with van der Waals surface area (Å²) in [6, 6.07) is 0. The highest BCUT2D eigenvalue weighted by Crippen LogP contribution is 2.15. The molecule has 0 aromatic rings. The van der Waals surface area contributed by atoms with Gasteiger partial charge in [0.15, 0.2) is 0 Å². The van der Waals surface area contributed by atoms with Gasteiger partial charge in [0.1, 0.15) is 12.4 Å². The largest absolute Gasteiger partial charge is 0.447 e. The fourth-order valence-electron chi connectivity index (χ4n) is 2.95. The molecule has 35 heavy (non-hydrogen) atoms. The van der Waals surface area contributed by atoms with Gasteiger partial charge < -0.3 is 43.4 Å². The lowest BCUT2D eigenvalue weighted by molar-refractivity contribution is -0.124. The predicted octanol–water partition coefficient (Wildman–Crippen LogP) is 1.09. The second kappa shape index (κ2) is 21.8. The van der Waals surface area contributed by atoms with Crippen molar-refractivity contribution in [2.45, 2.75) is 37.9 Å². The molecule has 1 rings (SSSR count). The van der Waals surface area contributed by atoms with Crippen LogP contribution in [0.2, 0.25) is 0 Å². The topological polar surface area (TPSA) is 122 Å². The van der Waals surface area contributed by atoms with Crippen molar-refractivity contribution in [3.63, 3.8) is 0 Å². The maximum atomic E-state index is 11.9. The van der Waals surface area contributed by atoms with Gasteiger partial charge in [-0.05, 0) is 19.8 Å². The summed E-state index contributed by atoms with van der Waals surface area (Å²) in [4.78, 5) is 35.8. The van der Waals surface area contributed by atoms with Crippen molar-refractivity contribution < 1.29 is 42.8 Å². The average molecular weight is 523 g/mol. The van der Waals surface area contributed by atoms with Crippen LogP contribution in [-0.4, -0.2) is 120 Å². The number of thiol groups is 1. The van der Waals surface area contributed by atoms with E-state index in [1.165, 1.54) is 6.92 Å². The van der Waals surface area contributed by atoms with Crippen LogP contribution in [0.5, 0.6) is 0 Å². The van der Waals surface area contributed by atoms with Gasteiger partial charge in [-0.25, -0.2) is 4.79 Å². The monoisotopic (exact) mass is 522 g/mol. The Labute approximate surface area is 213 Å². The van der Waals surface area contributed by atoms with E-state index in [0.717, 1.165) is 12.8 Å². The van der Waals surface area contributed by atoms with Crippen molar-refractivity contribution in [3.05, 3.63) is 0 Å². The first-order chi connectivity index (χ1) is 17.0. The Morgan fingerprint density at radius 1 is 0.743 bits per heavy atom. The van der Waals surface area contributed by atoms with Gasteiger partial charge in [-0.3, -0.25) is 4.79 Å². The van der Waals surface area contributed by atoms with E-state index < -0.39 is 0 Å². The zero-order valence-corrected chi connectivity index (χ0v) is 21.8. The number of nitrogens with one attached hydrogen (secondary N) is 1. The van der Waals surface area contributed by atoms with Crippen molar-refractivity contribution in [1.82, 2.24) is 10.2 Å². The predicted molar refractivity (Wildman–Crippen MR) is 132 cm³/mol. The van der Waals surface area contributed by atoms with E-state index in [-0.39, 0.29) is 37.2 Å². The summed E-state index contributed by atoms with van der Waals surface area (Å²) in [5.74, 6) is -0.143. The highest BCUT2D eigenvalue weighted by atomic mass is 32.1. The minimum absolute atomic E-state index is 0.00342.